The lowest BCUT2D eigenvalue weighted by molar-refractivity contribution is 0.0692. The maximum absolute atomic E-state index is 13.0. The van der Waals surface area contributed by atoms with Crippen molar-refractivity contribution >= 4 is 17.6 Å². The zero-order chi connectivity index (χ0) is 23.5. The van der Waals surface area contributed by atoms with Gasteiger partial charge in [0.1, 0.15) is 0 Å². The number of carbonyl (C=O) groups excluding carboxylic acids is 1. The van der Waals surface area contributed by atoms with E-state index in [0.717, 1.165) is 18.5 Å². The molecule has 6 nitrogen and oxygen atoms in total. The van der Waals surface area contributed by atoms with E-state index in [1.54, 1.807) is 6.07 Å². The van der Waals surface area contributed by atoms with Crippen LogP contribution < -0.4 is 5.32 Å². The van der Waals surface area contributed by atoms with Crippen molar-refractivity contribution < 1.29 is 24.5 Å². The lowest BCUT2D eigenvalue weighted by Crippen LogP contribution is -2.33. The number of hydrogen-bond acceptors (Lipinski definition) is 4. The quantitative estimate of drug-likeness (QED) is 0.525. The molecule has 0 heterocycles. The number of carboxylic acids is 1. The number of anilines is 1. The monoisotopic (exact) mass is 439 g/mol. The summed E-state index contributed by atoms with van der Waals surface area (Å²) in [6.45, 7) is 9.35. The Morgan fingerprint density at radius 1 is 0.969 bits per heavy atom. The van der Waals surface area contributed by atoms with Gasteiger partial charge in [0.2, 0.25) is 0 Å². The summed E-state index contributed by atoms with van der Waals surface area (Å²) in [5.74, 6) is -1.33. The number of rotatable bonds is 8. The molecule has 0 aromatic heterocycles. The predicted molar refractivity (Wildman–Crippen MR) is 125 cm³/mol. The van der Waals surface area contributed by atoms with Crippen LogP contribution in [0.1, 0.15) is 77.9 Å². The third-order valence-corrected chi connectivity index (χ3v) is 6.46. The Labute approximate surface area is 189 Å². The van der Waals surface area contributed by atoms with Gasteiger partial charge in [0.25, 0.3) is 5.91 Å². The molecule has 6 heteroatoms. The number of aliphatic hydroxyl groups is 1. The summed E-state index contributed by atoms with van der Waals surface area (Å²) in [5, 5.41) is 21.3. The average Bonchev–Trinajstić information content (AvgIpc) is 2.74. The fraction of sp³-hybridized carbons (Fsp3) is 0.462. The van der Waals surface area contributed by atoms with Gasteiger partial charge in [-0.15, -0.1) is 0 Å². The molecule has 0 saturated heterocycles. The van der Waals surface area contributed by atoms with E-state index in [9.17, 15) is 14.7 Å². The topological polar surface area (TPSA) is 95.9 Å². The van der Waals surface area contributed by atoms with Gasteiger partial charge >= 0.3 is 5.97 Å². The first-order valence-corrected chi connectivity index (χ1v) is 11.1. The van der Waals surface area contributed by atoms with Crippen LogP contribution in [-0.4, -0.2) is 41.9 Å². The van der Waals surface area contributed by atoms with Crippen LogP contribution in [0.2, 0.25) is 0 Å². The Morgan fingerprint density at radius 3 is 2.31 bits per heavy atom. The van der Waals surface area contributed by atoms with Gasteiger partial charge in [-0.2, -0.15) is 0 Å². The van der Waals surface area contributed by atoms with Gasteiger partial charge in [-0.05, 0) is 77.1 Å². The maximum atomic E-state index is 13.0. The van der Waals surface area contributed by atoms with Crippen LogP contribution in [0.15, 0.2) is 36.4 Å². The molecule has 1 amide bonds. The zero-order valence-corrected chi connectivity index (χ0v) is 19.3. The molecule has 0 aliphatic heterocycles. The van der Waals surface area contributed by atoms with E-state index >= 15 is 0 Å². The minimum Gasteiger partial charge on any atom is -0.478 e. The number of ether oxygens (including phenoxy) is 1. The number of carboxylic acid groups (broad SMARTS) is 1. The van der Waals surface area contributed by atoms with Crippen molar-refractivity contribution in [3.05, 3.63) is 64.2 Å². The molecular formula is C26H33NO5. The second-order valence-corrected chi connectivity index (χ2v) is 9.75. The SMILES string of the molecule is CC1(C)CCC(C)(C)c2cc(NC(=O)c3ccc(C(=O)O)c(CCOCCO)c3)ccc21. The molecule has 3 N–H and O–H groups in total. The van der Waals surface area contributed by atoms with Crippen molar-refractivity contribution in [1.29, 1.82) is 0 Å². The number of fused-ring (bicyclic) bond motifs is 1. The average molecular weight is 440 g/mol. The highest BCUT2D eigenvalue weighted by Crippen LogP contribution is 2.46. The van der Waals surface area contributed by atoms with Crippen molar-refractivity contribution in [3.8, 4) is 0 Å². The Kier molecular flexibility index (Phi) is 7.06. The maximum Gasteiger partial charge on any atom is 0.335 e. The standard InChI is InChI=1S/C26H33NO5/c1-25(2)10-11-26(3,4)22-16-19(6-8-21(22)25)27-23(29)18-5-7-20(24(30)31)17(15-18)9-13-32-14-12-28/h5-8,15-16,28H,9-14H2,1-4H3,(H,27,29)(H,30,31). The van der Waals surface area contributed by atoms with Gasteiger partial charge in [-0.3, -0.25) is 4.79 Å². The minimum atomic E-state index is -1.05. The highest BCUT2D eigenvalue weighted by atomic mass is 16.5. The number of nitrogens with one attached hydrogen (secondary N) is 1. The van der Waals surface area contributed by atoms with Crippen molar-refractivity contribution in [1.82, 2.24) is 0 Å². The number of benzene rings is 2. The third kappa shape index (κ3) is 5.19. The van der Waals surface area contributed by atoms with E-state index < -0.39 is 5.97 Å². The van der Waals surface area contributed by atoms with Gasteiger partial charge in [0, 0.05) is 11.3 Å². The van der Waals surface area contributed by atoms with Crippen LogP contribution in [-0.2, 0) is 22.0 Å². The smallest absolute Gasteiger partial charge is 0.335 e. The molecule has 2 aromatic carbocycles. The largest absolute Gasteiger partial charge is 0.478 e. The number of hydrogen-bond donors (Lipinski definition) is 3. The molecular weight excluding hydrogens is 406 g/mol. The van der Waals surface area contributed by atoms with Crippen LogP contribution in [0.25, 0.3) is 0 Å². The number of carbonyl (C=O) groups is 2. The number of amides is 1. The Hall–Kier alpha value is -2.70. The number of aromatic carboxylic acids is 1. The molecule has 0 fully saturated rings. The molecule has 0 radical (unpaired) electrons. The highest BCUT2D eigenvalue weighted by Gasteiger charge is 2.37. The second kappa shape index (κ2) is 9.43. The van der Waals surface area contributed by atoms with E-state index in [-0.39, 0.29) is 42.1 Å². The molecule has 0 atom stereocenters. The molecule has 0 bridgehead atoms. The number of aliphatic hydroxyl groups excluding tert-OH is 1. The third-order valence-electron chi connectivity index (χ3n) is 6.46. The molecule has 1 aliphatic carbocycles. The fourth-order valence-electron chi connectivity index (χ4n) is 4.37. The molecule has 0 saturated carbocycles. The van der Waals surface area contributed by atoms with Crippen LogP contribution >= 0.6 is 0 Å². The van der Waals surface area contributed by atoms with Crippen LogP contribution in [0, 0.1) is 0 Å². The highest BCUT2D eigenvalue weighted by molar-refractivity contribution is 6.05. The summed E-state index contributed by atoms with van der Waals surface area (Å²) < 4.78 is 5.26. The second-order valence-electron chi connectivity index (χ2n) is 9.75. The lowest BCUT2D eigenvalue weighted by Gasteiger charge is -2.42. The van der Waals surface area contributed by atoms with E-state index in [2.05, 4.69) is 45.1 Å². The summed E-state index contributed by atoms with van der Waals surface area (Å²) in [5.41, 5.74) is 4.52. The summed E-state index contributed by atoms with van der Waals surface area (Å²) >= 11 is 0. The summed E-state index contributed by atoms with van der Waals surface area (Å²) in [7, 11) is 0. The molecule has 0 spiro atoms. The van der Waals surface area contributed by atoms with Gasteiger partial charge in [-0.25, -0.2) is 4.79 Å². The summed E-state index contributed by atoms with van der Waals surface area (Å²) in [4.78, 5) is 24.5. The van der Waals surface area contributed by atoms with E-state index in [1.807, 2.05) is 6.07 Å². The van der Waals surface area contributed by atoms with Crippen molar-refractivity contribution in [2.24, 2.45) is 0 Å². The molecule has 0 unspecified atom stereocenters. The van der Waals surface area contributed by atoms with Gasteiger partial charge in [-0.1, -0.05) is 33.8 Å². The first kappa shape index (κ1) is 24.0. The van der Waals surface area contributed by atoms with Crippen LogP contribution in [0.5, 0.6) is 0 Å². The van der Waals surface area contributed by atoms with E-state index in [0.29, 0.717) is 17.5 Å². The van der Waals surface area contributed by atoms with E-state index in [4.69, 9.17) is 9.84 Å². The van der Waals surface area contributed by atoms with Crippen LogP contribution in [0.3, 0.4) is 0 Å². The van der Waals surface area contributed by atoms with Gasteiger partial charge in [0.15, 0.2) is 0 Å². The molecule has 3 rings (SSSR count). The Balaban J connectivity index is 1.83. The van der Waals surface area contributed by atoms with Crippen molar-refractivity contribution in [2.45, 2.75) is 57.8 Å². The van der Waals surface area contributed by atoms with Crippen molar-refractivity contribution in [3.63, 3.8) is 0 Å². The fourth-order valence-corrected chi connectivity index (χ4v) is 4.37. The summed E-state index contributed by atoms with van der Waals surface area (Å²) in [6.07, 6.45) is 2.55. The zero-order valence-electron chi connectivity index (χ0n) is 19.3. The first-order chi connectivity index (χ1) is 15.0. The van der Waals surface area contributed by atoms with Gasteiger partial charge in [0.05, 0.1) is 25.4 Å². The minimum absolute atomic E-state index is 0.0382. The van der Waals surface area contributed by atoms with Crippen LogP contribution in [0.4, 0.5) is 5.69 Å². The Bertz CT molecular complexity index is 1010. The van der Waals surface area contributed by atoms with E-state index in [1.165, 1.54) is 23.3 Å². The normalized spacial score (nSPS) is 16.3. The Morgan fingerprint density at radius 2 is 1.66 bits per heavy atom. The lowest BCUT2D eigenvalue weighted by atomic mass is 9.63. The molecule has 1 aliphatic rings. The first-order valence-electron chi connectivity index (χ1n) is 11.1. The molecule has 172 valence electrons. The van der Waals surface area contributed by atoms with Gasteiger partial charge < -0.3 is 20.3 Å². The van der Waals surface area contributed by atoms with Crippen molar-refractivity contribution in [2.75, 3.05) is 25.1 Å². The molecule has 32 heavy (non-hydrogen) atoms. The summed E-state index contributed by atoms with van der Waals surface area (Å²) in [6, 6.07) is 10.7. The molecule has 2 aromatic rings. The predicted octanol–water partition coefficient (Wildman–Crippen LogP) is 4.54.